The Morgan fingerprint density at radius 3 is 2.85 bits per heavy atom. The van der Waals surface area contributed by atoms with Gasteiger partial charge in [-0.25, -0.2) is 0 Å². The molecule has 0 atom stereocenters. The van der Waals surface area contributed by atoms with Crippen molar-refractivity contribution >= 4 is 16.9 Å². The number of aliphatic imine (C=N–C) groups is 1. The summed E-state index contributed by atoms with van der Waals surface area (Å²) >= 11 is 0. The molecule has 26 heavy (non-hydrogen) atoms. The number of rotatable bonds is 3. The first-order valence-electron chi connectivity index (χ1n) is 10.1. The van der Waals surface area contributed by atoms with Crippen molar-refractivity contribution in [3.05, 3.63) is 42.1 Å². The first-order valence-corrected chi connectivity index (χ1v) is 10.1. The van der Waals surface area contributed by atoms with Crippen molar-refractivity contribution in [2.45, 2.75) is 44.9 Å². The van der Waals surface area contributed by atoms with Crippen LogP contribution in [0.3, 0.4) is 0 Å². The fourth-order valence-electron chi connectivity index (χ4n) is 4.84. The van der Waals surface area contributed by atoms with E-state index in [0.29, 0.717) is 5.41 Å². The van der Waals surface area contributed by atoms with Crippen LogP contribution < -0.4 is 5.32 Å². The summed E-state index contributed by atoms with van der Waals surface area (Å²) in [7, 11) is 1.91. The van der Waals surface area contributed by atoms with Gasteiger partial charge in [-0.2, -0.15) is 0 Å². The van der Waals surface area contributed by atoms with Crippen molar-refractivity contribution in [3.63, 3.8) is 0 Å². The van der Waals surface area contributed by atoms with Crippen LogP contribution >= 0.6 is 0 Å². The Labute approximate surface area is 156 Å². The lowest BCUT2D eigenvalue weighted by Crippen LogP contribution is -2.42. The Bertz CT molecular complexity index is 771. The van der Waals surface area contributed by atoms with Crippen LogP contribution in [0.5, 0.6) is 0 Å². The van der Waals surface area contributed by atoms with Gasteiger partial charge in [0.1, 0.15) is 0 Å². The van der Waals surface area contributed by atoms with Crippen LogP contribution in [-0.4, -0.2) is 42.5 Å². The number of pyridine rings is 1. The fraction of sp³-hybridized carbons (Fsp3) is 0.545. The molecule has 0 unspecified atom stereocenters. The molecule has 2 aliphatic rings. The molecular formula is C22H30N4. The minimum Gasteiger partial charge on any atom is -0.356 e. The van der Waals surface area contributed by atoms with E-state index in [0.717, 1.165) is 31.0 Å². The molecule has 2 aromatic rings. The molecule has 1 aliphatic heterocycles. The van der Waals surface area contributed by atoms with Gasteiger partial charge in [-0.1, -0.05) is 43.5 Å². The lowest BCUT2D eigenvalue weighted by molar-refractivity contribution is 0.203. The SMILES string of the molecule is CN=C(NCCc1cccc2cccnc12)N1CCC2(CCCCC2)C1. The molecule has 1 aromatic heterocycles. The van der Waals surface area contributed by atoms with E-state index in [1.54, 1.807) is 0 Å². The standard InChI is InChI=1S/C22H30N4/c1-23-21(26-16-13-22(17-26)11-3-2-4-12-22)25-15-10-19-8-5-7-18-9-6-14-24-20(18)19/h5-9,14H,2-4,10-13,15-17H2,1H3,(H,23,25). The van der Waals surface area contributed by atoms with E-state index >= 15 is 0 Å². The smallest absolute Gasteiger partial charge is 0.193 e. The maximum absolute atomic E-state index is 4.57. The summed E-state index contributed by atoms with van der Waals surface area (Å²) in [6.45, 7) is 3.23. The average Bonchev–Trinajstić information content (AvgIpc) is 3.09. The molecule has 1 spiro atoms. The maximum Gasteiger partial charge on any atom is 0.193 e. The zero-order valence-corrected chi connectivity index (χ0v) is 15.9. The van der Waals surface area contributed by atoms with Crippen LogP contribution in [0.4, 0.5) is 0 Å². The molecule has 2 fully saturated rings. The van der Waals surface area contributed by atoms with Gasteiger partial charge in [0.25, 0.3) is 0 Å². The molecule has 0 amide bonds. The molecule has 1 aromatic carbocycles. The Morgan fingerprint density at radius 1 is 1.15 bits per heavy atom. The Kier molecular flexibility index (Phi) is 5.09. The lowest BCUT2D eigenvalue weighted by atomic mass is 9.73. The zero-order chi connectivity index (χ0) is 17.8. The molecule has 1 aliphatic carbocycles. The normalized spacial score (nSPS) is 20.0. The van der Waals surface area contributed by atoms with Crippen molar-refractivity contribution in [3.8, 4) is 0 Å². The van der Waals surface area contributed by atoms with Gasteiger partial charge in [0.2, 0.25) is 0 Å². The second kappa shape index (κ2) is 7.65. The predicted molar refractivity (Wildman–Crippen MR) is 109 cm³/mol. The third-order valence-electron chi connectivity index (χ3n) is 6.26. The highest BCUT2D eigenvalue weighted by Crippen LogP contribution is 2.43. The third kappa shape index (κ3) is 3.55. The van der Waals surface area contributed by atoms with E-state index in [-0.39, 0.29) is 0 Å². The van der Waals surface area contributed by atoms with E-state index in [9.17, 15) is 0 Å². The van der Waals surface area contributed by atoms with E-state index in [4.69, 9.17) is 0 Å². The van der Waals surface area contributed by atoms with E-state index in [2.05, 4.69) is 44.5 Å². The highest BCUT2D eigenvalue weighted by Gasteiger charge is 2.39. The van der Waals surface area contributed by atoms with Gasteiger partial charge in [0.15, 0.2) is 5.96 Å². The largest absolute Gasteiger partial charge is 0.356 e. The molecule has 2 heterocycles. The molecule has 1 saturated carbocycles. The van der Waals surface area contributed by atoms with E-state index in [1.165, 1.54) is 56.0 Å². The van der Waals surface area contributed by atoms with Gasteiger partial charge in [-0.3, -0.25) is 9.98 Å². The van der Waals surface area contributed by atoms with E-state index < -0.39 is 0 Å². The van der Waals surface area contributed by atoms with Crippen LogP contribution in [-0.2, 0) is 6.42 Å². The number of nitrogens with one attached hydrogen (secondary N) is 1. The first-order chi connectivity index (χ1) is 12.8. The number of aromatic nitrogens is 1. The van der Waals surface area contributed by atoms with Crippen LogP contribution in [0.15, 0.2) is 41.5 Å². The summed E-state index contributed by atoms with van der Waals surface area (Å²) in [5.74, 6) is 1.07. The van der Waals surface area contributed by atoms with Crippen molar-refractivity contribution in [1.29, 1.82) is 0 Å². The summed E-state index contributed by atoms with van der Waals surface area (Å²) in [4.78, 5) is 11.6. The van der Waals surface area contributed by atoms with Gasteiger partial charge in [-0.05, 0) is 42.7 Å². The topological polar surface area (TPSA) is 40.5 Å². The second-order valence-electron chi connectivity index (χ2n) is 7.95. The number of guanidine groups is 1. The lowest BCUT2D eigenvalue weighted by Gasteiger charge is -2.33. The Morgan fingerprint density at radius 2 is 2.00 bits per heavy atom. The van der Waals surface area contributed by atoms with Crippen LogP contribution in [0.25, 0.3) is 10.9 Å². The van der Waals surface area contributed by atoms with Crippen molar-refractivity contribution in [2.24, 2.45) is 10.4 Å². The quantitative estimate of drug-likeness (QED) is 0.672. The summed E-state index contributed by atoms with van der Waals surface area (Å²) in [5, 5.41) is 4.81. The van der Waals surface area contributed by atoms with Crippen LogP contribution in [0.1, 0.15) is 44.1 Å². The van der Waals surface area contributed by atoms with Crippen molar-refractivity contribution in [1.82, 2.24) is 15.2 Å². The Hall–Kier alpha value is -2.10. The summed E-state index contributed by atoms with van der Waals surface area (Å²) in [6, 6.07) is 10.6. The highest BCUT2D eigenvalue weighted by molar-refractivity contribution is 5.82. The summed E-state index contributed by atoms with van der Waals surface area (Å²) < 4.78 is 0. The summed E-state index contributed by atoms with van der Waals surface area (Å²) in [5.41, 5.74) is 2.99. The predicted octanol–water partition coefficient (Wildman–Crippen LogP) is 4.01. The first kappa shape index (κ1) is 17.3. The fourth-order valence-corrected chi connectivity index (χ4v) is 4.84. The molecular weight excluding hydrogens is 320 g/mol. The number of fused-ring (bicyclic) bond motifs is 1. The van der Waals surface area contributed by atoms with Crippen LogP contribution in [0.2, 0.25) is 0 Å². The molecule has 0 bridgehead atoms. The van der Waals surface area contributed by atoms with Gasteiger partial charge >= 0.3 is 0 Å². The van der Waals surface area contributed by atoms with Crippen molar-refractivity contribution < 1.29 is 0 Å². The number of nitrogens with zero attached hydrogens (tertiary/aromatic N) is 3. The van der Waals surface area contributed by atoms with Gasteiger partial charge in [-0.15, -0.1) is 0 Å². The maximum atomic E-state index is 4.57. The number of benzene rings is 1. The van der Waals surface area contributed by atoms with Crippen molar-refractivity contribution in [2.75, 3.05) is 26.7 Å². The number of para-hydroxylation sites is 1. The number of hydrogen-bond donors (Lipinski definition) is 1. The minimum absolute atomic E-state index is 0.565. The average molecular weight is 351 g/mol. The zero-order valence-electron chi connectivity index (χ0n) is 15.9. The summed E-state index contributed by atoms with van der Waals surface area (Å²) in [6.07, 6.45) is 11.2. The van der Waals surface area contributed by atoms with Crippen LogP contribution in [0, 0.1) is 5.41 Å². The molecule has 4 rings (SSSR count). The number of likely N-dealkylation sites (tertiary alicyclic amines) is 1. The highest BCUT2D eigenvalue weighted by atomic mass is 15.3. The molecule has 1 saturated heterocycles. The van der Waals surface area contributed by atoms with Gasteiger partial charge < -0.3 is 10.2 Å². The molecule has 4 heteroatoms. The molecule has 1 N–H and O–H groups in total. The monoisotopic (exact) mass is 350 g/mol. The van der Waals surface area contributed by atoms with E-state index in [1.807, 2.05) is 19.3 Å². The molecule has 0 radical (unpaired) electrons. The molecule has 4 nitrogen and oxygen atoms in total. The second-order valence-corrected chi connectivity index (χ2v) is 7.95. The third-order valence-corrected chi connectivity index (χ3v) is 6.26. The van der Waals surface area contributed by atoms with Gasteiger partial charge in [0, 0.05) is 38.3 Å². The minimum atomic E-state index is 0.565. The molecule has 138 valence electrons. The van der Waals surface area contributed by atoms with Gasteiger partial charge in [0.05, 0.1) is 5.52 Å². The number of hydrogen-bond acceptors (Lipinski definition) is 2. The Balaban J connectivity index is 1.36.